The third kappa shape index (κ3) is 2.15. The molecule has 0 saturated carbocycles. The molecule has 1 aromatic carbocycles. The lowest BCUT2D eigenvalue weighted by Crippen LogP contribution is -2.04. The van der Waals surface area contributed by atoms with Gasteiger partial charge in [-0.25, -0.2) is 4.39 Å². The van der Waals surface area contributed by atoms with Crippen molar-refractivity contribution >= 4 is 5.69 Å². The molecule has 15 heavy (non-hydrogen) atoms. The quantitative estimate of drug-likeness (QED) is 0.761. The van der Waals surface area contributed by atoms with Crippen LogP contribution in [0.1, 0.15) is 11.3 Å². The van der Waals surface area contributed by atoms with Crippen molar-refractivity contribution in [3.05, 3.63) is 47.5 Å². The molecule has 0 aliphatic carbocycles. The van der Waals surface area contributed by atoms with Gasteiger partial charge < -0.3 is 5.73 Å². The predicted molar refractivity (Wildman–Crippen MR) is 56.9 cm³/mol. The van der Waals surface area contributed by atoms with Gasteiger partial charge in [0.2, 0.25) is 0 Å². The maximum atomic E-state index is 13.0. The zero-order valence-electron chi connectivity index (χ0n) is 8.44. The van der Waals surface area contributed by atoms with E-state index in [0.717, 1.165) is 11.3 Å². The van der Waals surface area contributed by atoms with Crippen molar-refractivity contribution in [3.63, 3.8) is 0 Å². The Morgan fingerprint density at radius 1 is 1.40 bits per heavy atom. The normalized spacial score (nSPS) is 10.5. The van der Waals surface area contributed by atoms with E-state index in [2.05, 4.69) is 5.10 Å². The van der Waals surface area contributed by atoms with Gasteiger partial charge >= 0.3 is 0 Å². The molecule has 0 fully saturated rings. The highest BCUT2D eigenvalue weighted by Gasteiger charge is 2.01. The minimum Gasteiger partial charge on any atom is -0.399 e. The van der Waals surface area contributed by atoms with Gasteiger partial charge in [-0.1, -0.05) is 0 Å². The second kappa shape index (κ2) is 3.73. The summed E-state index contributed by atoms with van der Waals surface area (Å²) in [5.41, 5.74) is 7.85. The van der Waals surface area contributed by atoms with E-state index in [-0.39, 0.29) is 5.82 Å². The molecule has 0 aliphatic rings. The van der Waals surface area contributed by atoms with Gasteiger partial charge in [-0.15, -0.1) is 0 Å². The van der Waals surface area contributed by atoms with Crippen molar-refractivity contribution in [2.24, 2.45) is 0 Å². The summed E-state index contributed by atoms with van der Waals surface area (Å²) in [5, 5.41) is 4.12. The zero-order valence-corrected chi connectivity index (χ0v) is 8.44. The molecule has 2 aromatic rings. The highest BCUT2D eigenvalue weighted by molar-refractivity contribution is 5.41. The van der Waals surface area contributed by atoms with E-state index in [0.29, 0.717) is 12.2 Å². The molecule has 2 N–H and O–H groups in total. The van der Waals surface area contributed by atoms with E-state index >= 15 is 0 Å². The smallest absolute Gasteiger partial charge is 0.125 e. The highest BCUT2D eigenvalue weighted by Crippen LogP contribution is 2.12. The predicted octanol–water partition coefficient (Wildman–Crippen LogP) is 1.96. The lowest BCUT2D eigenvalue weighted by atomic mass is 10.2. The Labute approximate surface area is 87.3 Å². The summed E-state index contributed by atoms with van der Waals surface area (Å²) < 4.78 is 14.8. The Morgan fingerprint density at radius 3 is 2.80 bits per heavy atom. The molecule has 0 saturated heterocycles. The average molecular weight is 205 g/mol. The number of nitrogens with two attached hydrogens (primary N) is 1. The van der Waals surface area contributed by atoms with Crippen LogP contribution < -0.4 is 5.73 Å². The van der Waals surface area contributed by atoms with E-state index in [1.54, 1.807) is 16.9 Å². The number of hydrogen-bond acceptors (Lipinski definition) is 2. The van der Waals surface area contributed by atoms with Crippen molar-refractivity contribution < 1.29 is 4.39 Å². The van der Waals surface area contributed by atoms with Crippen LogP contribution in [-0.4, -0.2) is 9.78 Å². The first-order valence-electron chi connectivity index (χ1n) is 4.68. The molecule has 2 rings (SSSR count). The molecule has 78 valence electrons. The van der Waals surface area contributed by atoms with Crippen LogP contribution >= 0.6 is 0 Å². The number of nitrogen functional groups attached to an aromatic ring is 1. The lowest BCUT2D eigenvalue weighted by molar-refractivity contribution is 0.617. The summed E-state index contributed by atoms with van der Waals surface area (Å²) in [7, 11) is 0. The van der Waals surface area contributed by atoms with Gasteiger partial charge in [-0.3, -0.25) is 4.68 Å². The van der Waals surface area contributed by atoms with E-state index < -0.39 is 0 Å². The summed E-state index contributed by atoms with van der Waals surface area (Å²) in [6.07, 6.45) is 1.72. The number of aromatic nitrogens is 2. The number of rotatable bonds is 2. The van der Waals surface area contributed by atoms with Crippen LogP contribution in [-0.2, 0) is 6.54 Å². The number of anilines is 1. The van der Waals surface area contributed by atoms with Gasteiger partial charge in [0.25, 0.3) is 0 Å². The fourth-order valence-electron chi connectivity index (χ4n) is 1.50. The van der Waals surface area contributed by atoms with Crippen molar-refractivity contribution in [2.75, 3.05) is 5.73 Å². The number of hydrogen-bond donors (Lipinski definition) is 1. The van der Waals surface area contributed by atoms with Crippen LogP contribution in [0.3, 0.4) is 0 Å². The van der Waals surface area contributed by atoms with Gasteiger partial charge in [-0.05, 0) is 36.8 Å². The van der Waals surface area contributed by atoms with Crippen molar-refractivity contribution in [3.8, 4) is 0 Å². The topological polar surface area (TPSA) is 43.8 Å². The minimum absolute atomic E-state index is 0.310. The zero-order chi connectivity index (χ0) is 10.8. The first kappa shape index (κ1) is 9.71. The molecule has 1 aromatic heterocycles. The first-order chi connectivity index (χ1) is 7.15. The van der Waals surface area contributed by atoms with Gasteiger partial charge in [0.15, 0.2) is 0 Å². The number of nitrogens with zero attached hydrogens (tertiary/aromatic N) is 2. The summed E-state index contributed by atoms with van der Waals surface area (Å²) >= 11 is 0. The van der Waals surface area contributed by atoms with Gasteiger partial charge in [0.05, 0.1) is 6.54 Å². The van der Waals surface area contributed by atoms with Gasteiger partial charge in [0, 0.05) is 17.6 Å². The molecule has 0 amide bonds. The van der Waals surface area contributed by atoms with E-state index in [1.165, 1.54) is 12.1 Å². The standard InChI is InChI=1S/C11H12FN3/c1-8-2-3-14-15(8)7-9-4-10(12)6-11(13)5-9/h2-6H,7,13H2,1H3. The molecule has 0 atom stereocenters. The third-order valence-electron chi connectivity index (χ3n) is 2.24. The Kier molecular flexibility index (Phi) is 2.41. The first-order valence-corrected chi connectivity index (χ1v) is 4.68. The third-order valence-corrected chi connectivity index (χ3v) is 2.24. The molecule has 0 aliphatic heterocycles. The van der Waals surface area contributed by atoms with Gasteiger partial charge in [0.1, 0.15) is 5.82 Å². The molecule has 0 bridgehead atoms. The lowest BCUT2D eigenvalue weighted by Gasteiger charge is -2.05. The van der Waals surface area contributed by atoms with Crippen LogP contribution in [0.2, 0.25) is 0 Å². The van der Waals surface area contributed by atoms with Crippen molar-refractivity contribution in [1.29, 1.82) is 0 Å². The van der Waals surface area contributed by atoms with E-state index in [9.17, 15) is 4.39 Å². The van der Waals surface area contributed by atoms with Crippen LogP contribution in [0.5, 0.6) is 0 Å². The summed E-state index contributed by atoms with van der Waals surface area (Å²) in [4.78, 5) is 0. The Hall–Kier alpha value is -1.84. The fraction of sp³-hybridized carbons (Fsp3) is 0.182. The SMILES string of the molecule is Cc1ccnn1Cc1cc(N)cc(F)c1. The maximum absolute atomic E-state index is 13.0. The van der Waals surface area contributed by atoms with Gasteiger partial charge in [-0.2, -0.15) is 5.10 Å². The van der Waals surface area contributed by atoms with Crippen molar-refractivity contribution in [1.82, 2.24) is 9.78 Å². The monoisotopic (exact) mass is 205 g/mol. The summed E-state index contributed by atoms with van der Waals surface area (Å²) in [6.45, 7) is 2.50. The van der Waals surface area contributed by atoms with Crippen LogP contribution in [0, 0.1) is 12.7 Å². The number of benzene rings is 1. The Bertz CT molecular complexity index is 456. The van der Waals surface area contributed by atoms with Crippen LogP contribution in [0.25, 0.3) is 0 Å². The average Bonchev–Trinajstić information content (AvgIpc) is 2.50. The molecule has 1 heterocycles. The highest BCUT2D eigenvalue weighted by atomic mass is 19.1. The largest absolute Gasteiger partial charge is 0.399 e. The number of aryl methyl sites for hydroxylation is 1. The van der Waals surface area contributed by atoms with Crippen LogP contribution in [0.15, 0.2) is 30.5 Å². The van der Waals surface area contributed by atoms with E-state index in [1.807, 2.05) is 13.0 Å². The molecule has 3 nitrogen and oxygen atoms in total. The summed E-state index contributed by atoms with van der Waals surface area (Å²) in [5.74, 6) is -0.310. The Morgan fingerprint density at radius 2 is 2.20 bits per heavy atom. The molecule has 4 heteroatoms. The molecular formula is C11H12FN3. The Balaban J connectivity index is 2.28. The fourth-order valence-corrected chi connectivity index (χ4v) is 1.50. The van der Waals surface area contributed by atoms with Crippen molar-refractivity contribution in [2.45, 2.75) is 13.5 Å². The van der Waals surface area contributed by atoms with Crippen LogP contribution in [0.4, 0.5) is 10.1 Å². The maximum Gasteiger partial charge on any atom is 0.125 e. The van der Waals surface area contributed by atoms with E-state index in [4.69, 9.17) is 5.73 Å². The molecular weight excluding hydrogens is 193 g/mol. The molecule has 0 spiro atoms. The second-order valence-electron chi connectivity index (χ2n) is 3.52. The number of halogens is 1. The molecule has 0 unspecified atom stereocenters. The summed E-state index contributed by atoms with van der Waals surface area (Å²) in [6, 6.07) is 6.43. The second-order valence-corrected chi connectivity index (χ2v) is 3.52. The molecule has 0 radical (unpaired) electrons. The minimum atomic E-state index is -0.310.